The molecule has 0 saturated carbocycles. The van der Waals surface area contributed by atoms with E-state index in [1.54, 1.807) is 6.07 Å². The lowest BCUT2D eigenvalue weighted by Gasteiger charge is -2.21. The van der Waals surface area contributed by atoms with Crippen LogP contribution in [0.3, 0.4) is 0 Å². The smallest absolute Gasteiger partial charge is 0.223 e. The average Bonchev–Trinajstić information content (AvgIpc) is 2.98. The Kier molecular flexibility index (Phi) is 4.81. The van der Waals surface area contributed by atoms with Crippen molar-refractivity contribution in [1.82, 2.24) is 5.32 Å². The second-order valence-corrected chi connectivity index (χ2v) is 6.09. The molecule has 0 spiro atoms. The van der Waals surface area contributed by atoms with Crippen LogP contribution in [0.2, 0.25) is 0 Å². The van der Waals surface area contributed by atoms with Crippen LogP contribution in [0.4, 0.5) is 4.39 Å². The Morgan fingerprint density at radius 3 is 2.92 bits per heavy atom. The van der Waals surface area contributed by atoms with Crippen LogP contribution in [-0.2, 0) is 4.79 Å². The Hall–Kier alpha value is -2.40. The van der Waals surface area contributed by atoms with E-state index in [-0.39, 0.29) is 24.3 Å². The minimum Gasteiger partial charge on any atom is -0.493 e. The number of hydrogen-bond acceptors (Lipinski definition) is 3. The standard InChI is InChI=1S/C19H20FNO3/c1-12(16-11-24-18-8-3-2-7-15(16)18)21-19(23)10-17(22)13-5-4-6-14(20)9-13/h2-9,12,16-17,22H,10-11H2,1H3,(H,21,23). The fourth-order valence-corrected chi connectivity index (χ4v) is 3.02. The van der Waals surface area contributed by atoms with Crippen LogP contribution in [0.1, 0.15) is 36.5 Å². The third-order valence-electron chi connectivity index (χ3n) is 4.34. The van der Waals surface area contributed by atoms with E-state index in [2.05, 4.69) is 5.32 Å². The van der Waals surface area contributed by atoms with Crippen molar-refractivity contribution in [3.05, 3.63) is 65.5 Å². The van der Waals surface area contributed by atoms with Crippen LogP contribution in [-0.4, -0.2) is 23.7 Å². The molecule has 3 atom stereocenters. The summed E-state index contributed by atoms with van der Waals surface area (Å²) < 4.78 is 18.8. The Morgan fingerprint density at radius 1 is 1.33 bits per heavy atom. The van der Waals surface area contributed by atoms with Crippen molar-refractivity contribution in [1.29, 1.82) is 0 Å². The molecule has 1 amide bonds. The van der Waals surface area contributed by atoms with Gasteiger partial charge in [0, 0.05) is 17.5 Å². The Morgan fingerprint density at radius 2 is 2.12 bits per heavy atom. The van der Waals surface area contributed by atoms with Crippen molar-refractivity contribution in [2.45, 2.75) is 31.4 Å². The van der Waals surface area contributed by atoms with Crippen molar-refractivity contribution < 1.29 is 19.0 Å². The van der Waals surface area contributed by atoms with Gasteiger partial charge in [-0.05, 0) is 30.7 Å². The summed E-state index contributed by atoms with van der Waals surface area (Å²) in [7, 11) is 0. The highest BCUT2D eigenvalue weighted by molar-refractivity contribution is 5.77. The number of para-hydroxylation sites is 1. The van der Waals surface area contributed by atoms with E-state index in [1.807, 2.05) is 31.2 Å². The molecule has 24 heavy (non-hydrogen) atoms. The molecule has 2 N–H and O–H groups in total. The van der Waals surface area contributed by atoms with Crippen molar-refractivity contribution >= 4 is 5.91 Å². The molecule has 3 rings (SSSR count). The predicted octanol–water partition coefficient (Wildman–Crippen LogP) is 2.93. The molecule has 0 fully saturated rings. The Labute approximate surface area is 140 Å². The highest BCUT2D eigenvalue weighted by Crippen LogP contribution is 2.35. The summed E-state index contributed by atoms with van der Waals surface area (Å²) in [5.74, 6) is 0.225. The van der Waals surface area contributed by atoms with Gasteiger partial charge in [0.1, 0.15) is 11.6 Å². The van der Waals surface area contributed by atoms with Gasteiger partial charge in [0.2, 0.25) is 5.91 Å². The van der Waals surface area contributed by atoms with E-state index in [1.165, 1.54) is 18.2 Å². The minimum absolute atomic E-state index is 0.0801. The van der Waals surface area contributed by atoms with Crippen molar-refractivity contribution in [3.8, 4) is 5.75 Å². The van der Waals surface area contributed by atoms with E-state index in [9.17, 15) is 14.3 Å². The first kappa shape index (κ1) is 16.5. The van der Waals surface area contributed by atoms with Gasteiger partial charge in [-0.15, -0.1) is 0 Å². The molecule has 2 aromatic carbocycles. The fraction of sp³-hybridized carbons (Fsp3) is 0.316. The molecule has 0 aliphatic carbocycles. The molecule has 0 radical (unpaired) electrons. The number of hydrogen-bond donors (Lipinski definition) is 2. The molecular weight excluding hydrogens is 309 g/mol. The van der Waals surface area contributed by atoms with Gasteiger partial charge < -0.3 is 15.2 Å². The maximum Gasteiger partial charge on any atom is 0.223 e. The topological polar surface area (TPSA) is 58.6 Å². The molecule has 2 aromatic rings. The fourth-order valence-electron chi connectivity index (χ4n) is 3.02. The van der Waals surface area contributed by atoms with Gasteiger partial charge in [0.25, 0.3) is 0 Å². The van der Waals surface area contributed by atoms with Crippen molar-refractivity contribution in [2.24, 2.45) is 0 Å². The molecule has 1 aliphatic heterocycles. The Balaban J connectivity index is 1.59. The zero-order chi connectivity index (χ0) is 17.1. The average molecular weight is 329 g/mol. The van der Waals surface area contributed by atoms with Crippen LogP contribution in [0, 0.1) is 5.82 Å². The van der Waals surface area contributed by atoms with Crippen LogP contribution >= 0.6 is 0 Å². The van der Waals surface area contributed by atoms with E-state index >= 15 is 0 Å². The van der Waals surface area contributed by atoms with Crippen LogP contribution in [0.25, 0.3) is 0 Å². The summed E-state index contributed by atoms with van der Waals surface area (Å²) in [5.41, 5.74) is 1.48. The largest absolute Gasteiger partial charge is 0.493 e. The highest BCUT2D eigenvalue weighted by Gasteiger charge is 2.29. The second kappa shape index (κ2) is 7.01. The number of ether oxygens (including phenoxy) is 1. The molecule has 1 aliphatic rings. The van der Waals surface area contributed by atoms with Crippen LogP contribution in [0.5, 0.6) is 5.75 Å². The molecule has 5 heteroatoms. The second-order valence-electron chi connectivity index (χ2n) is 6.09. The van der Waals surface area contributed by atoms with E-state index in [0.717, 1.165) is 11.3 Å². The van der Waals surface area contributed by atoms with Crippen LogP contribution in [0.15, 0.2) is 48.5 Å². The van der Waals surface area contributed by atoms with Gasteiger partial charge >= 0.3 is 0 Å². The first-order valence-corrected chi connectivity index (χ1v) is 7.99. The number of rotatable bonds is 5. The van der Waals surface area contributed by atoms with Crippen LogP contribution < -0.4 is 10.1 Å². The monoisotopic (exact) mass is 329 g/mol. The number of carbonyl (C=O) groups is 1. The number of nitrogens with one attached hydrogen (secondary N) is 1. The predicted molar refractivity (Wildman–Crippen MR) is 88.3 cm³/mol. The van der Waals surface area contributed by atoms with Crippen molar-refractivity contribution in [2.75, 3.05) is 6.61 Å². The minimum atomic E-state index is -1.03. The van der Waals surface area contributed by atoms with Gasteiger partial charge in [-0.1, -0.05) is 30.3 Å². The number of halogens is 1. The number of benzene rings is 2. The van der Waals surface area contributed by atoms with Gasteiger partial charge in [-0.2, -0.15) is 0 Å². The number of fused-ring (bicyclic) bond motifs is 1. The lowest BCUT2D eigenvalue weighted by molar-refractivity contribution is -0.123. The van der Waals surface area contributed by atoms with Gasteiger partial charge in [-0.3, -0.25) is 4.79 Å². The number of aliphatic hydroxyl groups is 1. The summed E-state index contributed by atoms with van der Waals surface area (Å²) in [4.78, 5) is 12.2. The third kappa shape index (κ3) is 3.57. The number of carbonyl (C=O) groups excluding carboxylic acids is 1. The maximum absolute atomic E-state index is 13.2. The van der Waals surface area contributed by atoms with E-state index in [4.69, 9.17) is 4.74 Å². The molecule has 3 unspecified atom stereocenters. The molecule has 0 aromatic heterocycles. The Bertz CT molecular complexity index is 734. The lowest BCUT2D eigenvalue weighted by atomic mass is 9.94. The van der Waals surface area contributed by atoms with Gasteiger partial charge in [0.15, 0.2) is 0 Å². The van der Waals surface area contributed by atoms with E-state index in [0.29, 0.717) is 12.2 Å². The summed E-state index contributed by atoms with van der Waals surface area (Å²) in [6.45, 7) is 2.44. The molecule has 4 nitrogen and oxygen atoms in total. The zero-order valence-electron chi connectivity index (χ0n) is 13.4. The zero-order valence-corrected chi connectivity index (χ0v) is 13.4. The quantitative estimate of drug-likeness (QED) is 0.887. The summed E-state index contributed by atoms with van der Waals surface area (Å²) in [5, 5.41) is 13.0. The SMILES string of the molecule is CC(NC(=O)CC(O)c1cccc(F)c1)C1COc2ccccc21. The molecule has 126 valence electrons. The maximum atomic E-state index is 13.2. The number of amides is 1. The molecule has 0 bridgehead atoms. The number of aliphatic hydroxyl groups excluding tert-OH is 1. The van der Waals surface area contributed by atoms with Gasteiger partial charge in [0.05, 0.1) is 19.1 Å². The lowest BCUT2D eigenvalue weighted by Crippen LogP contribution is -2.38. The summed E-state index contributed by atoms with van der Waals surface area (Å²) in [6, 6.07) is 13.3. The summed E-state index contributed by atoms with van der Waals surface area (Å²) in [6.07, 6.45) is -1.14. The first-order valence-electron chi connectivity index (χ1n) is 7.99. The molecule has 1 heterocycles. The van der Waals surface area contributed by atoms with Gasteiger partial charge in [-0.25, -0.2) is 4.39 Å². The third-order valence-corrected chi connectivity index (χ3v) is 4.34. The highest BCUT2D eigenvalue weighted by atomic mass is 19.1. The van der Waals surface area contributed by atoms with E-state index < -0.39 is 11.9 Å². The first-order chi connectivity index (χ1) is 11.5. The normalized spacial score (nSPS) is 18.4. The van der Waals surface area contributed by atoms with Crippen molar-refractivity contribution in [3.63, 3.8) is 0 Å². The summed E-state index contributed by atoms with van der Waals surface area (Å²) >= 11 is 0. The molecular formula is C19H20FNO3. The molecule has 0 saturated heterocycles.